The zero-order chi connectivity index (χ0) is 31.3. The van der Waals surface area contributed by atoms with Crippen LogP contribution in [0.2, 0.25) is 0 Å². The lowest BCUT2D eigenvalue weighted by molar-refractivity contribution is -0.140. The van der Waals surface area contributed by atoms with Gasteiger partial charge in [0.15, 0.2) is 0 Å². The summed E-state index contributed by atoms with van der Waals surface area (Å²) in [5.41, 5.74) is 2.49. The number of anilines is 1. The van der Waals surface area contributed by atoms with E-state index in [-0.39, 0.29) is 24.3 Å². The molecule has 42 heavy (non-hydrogen) atoms. The van der Waals surface area contributed by atoms with Gasteiger partial charge in [0.1, 0.15) is 12.6 Å². The molecule has 0 saturated carbocycles. The normalized spacial score (nSPS) is 12.9. The number of halogens is 1. The smallest absolute Gasteiger partial charge is 0.244 e. The van der Waals surface area contributed by atoms with Crippen LogP contribution in [0.5, 0.6) is 0 Å². The van der Waals surface area contributed by atoms with Crippen LogP contribution < -0.4 is 9.62 Å². The van der Waals surface area contributed by atoms with E-state index < -0.39 is 34.1 Å². The molecule has 1 N–H and O–H groups in total. The fraction of sp³-hybridized carbons (Fsp3) is 0.394. The molecule has 1 atom stereocenters. The Morgan fingerprint density at radius 2 is 1.40 bits per heavy atom. The van der Waals surface area contributed by atoms with E-state index in [0.29, 0.717) is 5.69 Å². The van der Waals surface area contributed by atoms with Crippen LogP contribution in [0.3, 0.4) is 0 Å². The Morgan fingerprint density at radius 1 is 0.833 bits per heavy atom. The van der Waals surface area contributed by atoms with Crippen molar-refractivity contribution in [1.29, 1.82) is 0 Å². The highest BCUT2D eigenvalue weighted by atomic mass is 79.9. The van der Waals surface area contributed by atoms with Crippen LogP contribution in [0.4, 0.5) is 5.69 Å². The van der Waals surface area contributed by atoms with Crippen molar-refractivity contribution in [2.45, 2.75) is 71.5 Å². The van der Waals surface area contributed by atoms with Gasteiger partial charge in [-0.1, -0.05) is 91.3 Å². The van der Waals surface area contributed by atoms with Crippen LogP contribution in [0, 0.1) is 0 Å². The standard InChI is InChI=1S/C33H42BrN3O4S/c1-32(2,3)26-15-19-28(20-16-26)37(42(7,40)41)23-30(38)36(22-25-13-17-27(34)18-14-25)29(31(39)35-33(4,5)6)21-24-11-9-8-10-12-24/h8-20,29H,21-23H2,1-7H3,(H,35,39)/t29-/m1/s1. The Morgan fingerprint density at radius 3 is 1.90 bits per heavy atom. The summed E-state index contributed by atoms with van der Waals surface area (Å²) < 4.78 is 28.0. The molecule has 0 aliphatic heterocycles. The predicted octanol–water partition coefficient (Wildman–Crippen LogP) is 6.07. The third-order valence-corrected chi connectivity index (χ3v) is 8.41. The van der Waals surface area contributed by atoms with Crippen LogP contribution >= 0.6 is 15.9 Å². The number of amides is 2. The summed E-state index contributed by atoms with van der Waals surface area (Å²) in [5.74, 6) is -0.787. The fourth-order valence-corrected chi connectivity index (χ4v) is 5.65. The van der Waals surface area contributed by atoms with Crippen LogP contribution in [-0.2, 0) is 38.0 Å². The maximum atomic E-state index is 14.2. The second-order valence-corrected chi connectivity index (χ2v) is 15.5. The van der Waals surface area contributed by atoms with E-state index in [1.807, 2.05) is 87.5 Å². The number of benzene rings is 3. The lowest BCUT2D eigenvalue weighted by Crippen LogP contribution is -2.56. The van der Waals surface area contributed by atoms with Gasteiger partial charge in [0.2, 0.25) is 21.8 Å². The number of nitrogens with one attached hydrogen (secondary N) is 1. The Kier molecular flexibility index (Phi) is 10.7. The molecule has 0 aliphatic rings. The SMILES string of the molecule is CC(C)(C)NC(=O)[C@@H](Cc1ccccc1)N(Cc1ccc(Br)cc1)C(=O)CN(c1ccc(C(C)(C)C)cc1)S(C)(=O)=O. The van der Waals surface area contributed by atoms with Gasteiger partial charge in [-0.2, -0.15) is 0 Å². The number of carbonyl (C=O) groups is 2. The van der Waals surface area contributed by atoms with Crippen molar-refractivity contribution in [2.24, 2.45) is 0 Å². The topological polar surface area (TPSA) is 86.8 Å². The van der Waals surface area contributed by atoms with E-state index in [4.69, 9.17) is 0 Å². The zero-order valence-corrected chi connectivity index (χ0v) is 27.9. The first-order valence-electron chi connectivity index (χ1n) is 13.9. The molecule has 0 fully saturated rings. The van der Waals surface area contributed by atoms with Gasteiger partial charge in [0.05, 0.1) is 11.9 Å². The van der Waals surface area contributed by atoms with Crippen molar-refractivity contribution in [2.75, 3.05) is 17.1 Å². The van der Waals surface area contributed by atoms with E-state index in [1.54, 1.807) is 12.1 Å². The molecule has 0 aliphatic carbocycles. The number of carbonyl (C=O) groups excluding carboxylic acids is 2. The minimum atomic E-state index is -3.83. The van der Waals surface area contributed by atoms with Crippen molar-refractivity contribution in [3.8, 4) is 0 Å². The summed E-state index contributed by atoms with van der Waals surface area (Å²) >= 11 is 3.45. The highest BCUT2D eigenvalue weighted by Crippen LogP contribution is 2.26. The fourth-order valence-electron chi connectivity index (χ4n) is 4.53. The molecule has 2 amide bonds. The summed E-state index contributed by atoms with van der Waals surface area (Å²) in [7, 11) is -3.83. The van der Waals surface area contributed by atoms with Gasteiger partial charge < -0.3 is 10.2 Å². The minimum Gasteiger partial charge on any atom is -0.350 e. The average molecular weight is 657 g/mol. The average Bonchev–Trinajstić information content (AvgIpc) is 2.88. The largest absolute Gasteiger partial charge is 0.350 e. The maximum absolute atomic E-state index is 14.2. The highest BCUT2D eigenvalue weighted by Gasteiger charge is 2.34. The molecule has 0 unspecified atom stereocenters. The van der Waals surface area contributed by atoms with Gasteiger partial charge >= 0.3 is 0 Å². The van der Waals surface area contributed by atoms with Gasteiger partial charge in [0.25, 0.3) is 0 Å². The van der Waals surface area contributed by atoms with Gasteiger partial charge in [-0.25, -0.2) is 8.42 Å². The van der Waals surface area contributed by atoms with Crippen LogP contribution in [0.1, 0.15) is 58.2 Å². The number of hydrogen-bond donors (Lipinski definition) is 1. The van der Waals surface area contributed by atoms with Crippen molar-refractivity contribution in [1.82, 2.24) is 10.2 Å². The molecule has 0 heterocycles. The maximum Gasteiger partial charge on any atom is 0.244 e. The molecule has 0 spiro atoms. The van der Waals surface area contributed by atoms with E-state index in [9.17, 15) is 18.0 Å². The molecule has 226 valence electrons. The quantitative estimate of drug-likeness (QED) is 0.287. The molecule has 0 aromatic heterocycles. The predicted molar refractivity (Wildman–Crippen MR) is 174 cm³/mol. The van der Waals surface area contributed by atoms with E-state index >= 15 is 0 Å². The van der Waals surface area contributed by atoms with Gasteiger partial charge in [-0.05, 0) is 67.1 Å². The lowest BCUT2D eigenvalue weighted by atomic mass is 9.87. The lowest BCUT2D eigenvalue weighted by Gasteiger charge is -2.35. The molecule has 9 heteroatoms. The Balaban J connectivity index is 2.06. The summed E-state index contributed by atoms with van der Waals surface area (Å²) in [4.78, 5) is 29.5. The molecule has 3 aromatic carbocycles. The summed E-state index contributed by atoms with van der Waals surface area (Å²) in [5, 5.41) is 3.03. The van der Waals surface area contributed by atoms with E-state index in [1.165, 1.54) is 4.90 Å². The first kappa shape index (κ1) is 33.3. The van der Waals surface area contributed by atoms with Gasteiger partial charge in [-0.3, -0.25) is 13.9 Å². The minimum absolute atomic E-state index is 0.114. The molecule has 7 nitrogen and oxygen atoms in total. The van der Waals surface area contributed by atoms with Gasteiger partial charge in [0, 0.05) is 23.0 Å². The number of hydrogen-bond acceptors (Lipinski definition) is 4. The Bertz CT molecular complexity index is 1460. The number of sulfonamides is 1. The van der Waals surface area contributed by atoms with Gasteiger partial charge in [-0.15, -0.1) is 0 Å². The molecular weight excluding hydrogens is 614 g/mol. The van der Waals surface area contributed by atoms with E-state index in [2.05, 4.69) is 42.0 Å². The molecule has 0 radical (unpaired) electrons. The van der Waals surface area contributed by atoms with Crippen LogP contribution in [-0.4, -0.2) is 49.5 Å². The Labute approximate surface area is 259 Å². The molecular formula is C33H42BrN3O4S. The Hall–Kier alpha value is -3.17. The summed E-state index contributed by atoms with van der Waals surface area (Å²) in [6.07, 6.45) is 1.36. The molecule has 3 rings (SSSR count). The first-order valence-corrected chi connectivity index (χ1v) is 16.6. The highest BCUT2D eigenvalue weighted by molar-refractivity contribution is 9.10. The second-order valence-electron chi connectivity index (χ2n) is 12.7. The second kappa shape index (κ2) is 13.4. The third-order valence-electron chi connectivity index (χ3n) is 6.74. The van der Waals surface area contributed by atoms with Crippen molar-refractivity contribution in [3.05, 3.63) is 100 Å². The first-order chi connectivity index (χ1) is 19.4. The monoisotopic (exact) mass is 655 g/mol. The van der Waals surface area contributed by atoms with E-state index in [0.717, 1.165) is 31.7 Å². The number of nitrogens with zero attached hydrogens (tertiary/aromatic N) is 2. The van der Waals surface area contributed by atoms with Crippen molar-refractivity contribution < 1.29 is 18.0 Å². The summed E-state index contributed by atoms with van der Waals surface area (Å²) in [6.45, 7) is 11.6. The summed E-state index contributed by atoms with van der Waals surface area (Å²) in [6, 6.07) is 23.3. The van der Waals surface area contributed by atoms with Crippen LogP contribution in [0.15, 0.2) is 83.3 Å². The molecule has 3 aromatic rings. The third kappa shape index (κ3) is 9.70. The molecule has 0 saturated heterocycles. The molecule has 0 bridgehead atoms. The van der Waals surface area contributed by atoms with Crippen LogP contribution in [0.25, 0.3) is 0 Å². The number of rotatable bonds is 10. The zero-order valence-electron chi connectivity index (χ0n) is 25.5. The van der Waals surface area contributed by atoms with Crippen molar-refractivity contribution >= 4 is 43.5 Å². The van der Waals surface area contributed by atoms with Crippen molar-refractivity contribution in [3.63, 3.8) is 0 Å².